The van der Waals surface area contributed by atoms with Crippen molar-refractivity contribution in [3.8, 4) is 0 Å². The second kappa shape index (κ2) is 13.4. The molecule has 0 spiro atoms. The van der Waals surface area contributed by atoms with Crippen LogP contribution >= 0.6 is 11.3 Å². The summed E-state index contributed by atoms with van der Waals surface area (Å²) in [6.07, 6.45) is 19.8. The summed E-state index contributed by atoms with van der Waals surface area (Å²) in [5.74, 6) is 0.512. The molecule has 4 heteroatoms. The number of nitrogens with zero attached hydrogens (tertiary/aromatic N) is 2. The number of benzene rings is 2. The average molecular weight is 833 g/mol. The van der Waals surface area contributed by atoms with Crippen molar-refractivity contribution < 1.29 is 0 Å². The zero-order chi connectivity index (χ0) is 44.4. The first-order chi connectivity index (χ1) is 28.0. The summed E-state index contributed by atoms with van der Waals surface area (Å²) in [7, 11) is 0. The van der Waals surface area contributed by atoms with Crippen LogP contribution in [0.1, 0.15) is 190 Å². The maximum absolute atomic E-state index is 2.90. The highest BCUT2D eigenvalue weighted by atomic mass is 32.1. The van der Waals surface area contributed by atoms with Gasteiger partial charge in [0.1, 0.15) is 0 Å². The lowest BCUT2D eigenvalue weighted by atomic mass is 9.35. The van der Waals surface area contributed by atoms with E-state index in [2.05, 4.69) is 200 Å². The highest BCUT2D eigenvalue weighted by Crippen LogP contribution is 2.57. The zero-order valence-electron chi connectivity index (χ0n) is 41.5. The van der Waals surface area contributed by atoms with Crippen LogP contribution in [0.5, 0.6) is 0 Å². The van der Waals surface area contributed by atoms with Crippen LogP contribution in [0.2, 0.25) is 0 Å². The van der Waals surface area contributed by atoms with Gasteiger partial charge in [-0.3, -0.25) is 0 Å². The first-order valence-corrected chi connectivity index (χ1v) is 24.8. The van der Waals surface area contributed by atoms with Gasteiger partial charge >= 0.3 is 0 Å². The molecular formula is C57H77BN2S. The largest absolute Gasteiger partial charge is 0.334 e. The Morgan fingerprint density at radius 2 is 1.28 bits per heavy atom. The lowest BCUT2D eigenvalue weighted by Gasteiger charge is -2.50. The standard InChI is InChI=1S/C57H77BN2S/c1-34-29-36(52(5,6)7)21-24-42(34)60-43-33-40-39(54(11,12)25-26-55(40,13)14)32-41(43)58-47-44(30-37(31-45(47)60)53(8,9)10)59(38-22-19-35(20-23-38)51(2,3)4)48-46-49(61-50(48)58)57(17,18)28-27-56(46,15)16/h19-20,22,24,29-33,36,38H,21,23,25-28H2,1-18H3. The number of rotatable bonds is 2. The molecule has 0 fully saturated rings. The Hall–Kier alpha value is -3.24. The van der Waals surface area contributed by atoms with Gasteiger partial charge in [0.15, 0.2) is 0 Å². The van der Waals surface area contributed by atoms with Crippen LogP contribution in [0.25, 0.3) is 0 Å². The molecule has 9 rings (SSSR count). The van der Waals surface area contributed by atoms with Gasteiger partial charge in [-0.2, -0.15) is 11.3 Å². The smallest absolute Gasteiger partial charge is 0.264 e. The number of hydrogen-bond donors (Lipinski definition) is 0. The lowest BCUT2D eigenvalue weighted by Crippen LogP contribution is -2.63. The van der Waals surface area contributed by atoms with E-state index in [9.17, 15) is 0 Å². The highest BCUT2D eigenvalue weighted by molar-refractivity contribution is 7.29. The number of thiophene rings is 1. The molecule has 1 aromatic heterocycles. The second-order valence-corrected chi connectivity index (χ2v) is 27.1. The van der Waals surface area contributed by atoms with Crippen LogP contribution in [0.4, 0.5) is 22.7 Å². The molecule has 0 saturated heterocycles. The Balaban J connectivity index is 1.42. The Morgan fingerprint density at radius 3 is 1.85 bits per heavy atom. The monoisotopic (exact) mass is 833 g/mol. The summed E-state index contributed by atoms with van der Waals surface area (Å²) in [6, 6.07) is 11.0. The van der Waals surface area contributed by atoms with Crippen molar-refractivity contribution in [3.63, 3.8) is 0 Å². The van der Waals surface area contributed by atoms with E-state index >= 15 is 0 Å². The molecule has 2 aliphatic heterocycles. The van der Waals surface area contributed by atoms with Crippen molar-refractivity contribution in [2.24, 2.45) is 16.7 Å². The van der Waals surface area contributed by atoms with Crippen molar-refractivity contribution in [2.75, 3.05) is 9.80 Å². The molecule has 0 N–H and O–H groups in total. The second-order valence-electron chi connectivity index (χ2n) is 26.0. The molecule has 6 aliphatic rings. The van der Waals surface area contributed by atoms with Crippen LogP contribution in [0.3, 0.4) is 0 Å². The van der Waals surface area contributed by atoms with Crippen molar-refractivity contribution in [3.05, 3.63) is 98.6 Å². The minimum absolute atomic E-state index is 0.0407. The van der Waals surface area contributed by atoms with E-state index in [0.717, 1.165) is 12.8 Å². The van der Waals surface area contributed by atoms with Gasteiger partial charge in [0.05, 0.1) is 11.7 Å². The summed E-state index contributed by atoms with van der Waals surface area (Å²) in [5, 5.41) is 0. The summed E-state index contributed by atoms with van der Waals surface area (Å²) < 4.78 is 1.58. The molecule has 0 radical (unpaired) electrons. The molecule has 0 bridgehead atoms. The Morgan fingerprint density at radius 1 is 0.672 bits per heavy atom. The quantitative estimate of drug-likeness (QED) is 0.237. The highest BCUT2D eigenvalue weighted by Gasteiger charge is 2.53. The molecule has 0 saturated carbocycles. The fraction of sp³-hybridized carbons (Fsp3) is 0.579. The molecule has 4 aliphatic carbocycles. The summed E-state index contributed by atoms with van der Waals surface area (Å²) >= 11 is 2.18. The molecule has 2 aromatic carbocycles. The molecule has 324 valence electrons. The number of fused-ring (bicyclic) bond motifs is 7. The molecule has 2 atom stereocenters. The predicted molar refractivity (Wildman–Crippen MR) is 270 cm³/mol. The van der Waals surface area contributed by atoms with Gasteiger partial charge in [-0.1, -0.05) is 154 Å². The first-order valence-electron chi connectivity index (χ1n) is 24.0. The molecular weight excluding hydrogens is 756 g/mol. The third-order valence-corrected chi connectivity index (χ3v) is 18.1. The molecule has 2 nitrogen and oxygen atoms in total. The summed E-state index contributed by atoms with van der Waals surface area (Å²) in [4.78, 5) is 7.30. The third-order valence-electron chi connectivity index (χ3n) is 16.5. The normalized spacial score (nSPS) is 24.5. The fourth-order valence-electron chi connectivity index (χ4n) is 12.0. The van der Waals surface area contributed by atoms with Gasteiger partial charge in [-0.05, 0) is 152 Å². The van der Waals surface area contributed by atoms with Crippen LogP contribution in [0.15, 0.2) is 71.5 Å². The van der Waals surface area contributed by atoms with Gasteiger partial charge < -0.3 is 9.80 Å². The number of anilines is 4. The number of allylic oxidation sites excluding steroid dienone is 5. The van der Waals surface area contributed by atoms with Crippen LogP contribution in [-0.2, 0) is 27.1 Å². The minimum Gasteiger partial charge on any atom is -0.334 e. The molecule has 3 heterocycles. The fourth-order valence-corrected chi connectivity index (χ4v) is 13.7. The topological polar surface area (TPSA) is 6.48 Å². The Kier molecular flexibility index (Phi) is 9.46. The summed E-state index contributed by atoms with van der Waals surface area (Å²) in [5.41, 5.74) is 19.9. The first kappa shape index (κ1) is 43.0. The van der Waals surface area contributed by atoms with Crippen molar-refractivity contribution >= 4 is 56.5 Å². The van der Waals surface area contributed by atoms with E-state index in [1.807, 2.05) is 0 Å². The zero-order valence-corrected chi connectivity index (χ0v) is 42.3. The van der Waals surface area contributed by atoms with Crippen molar-refractivity contribution in [1.82, 2.24) is 0 Å². The minimum atomic E-state index is -0.0407. The average Bonchev–Trinajstić information content (AvgIpc) is 3.57. The van der Waals surface area contributed by atoms with Crippen molar-refractivity contribution in [2.45, 2.75) is 196 Å². The van der Waals surface area contributed by atoms with E-state index in [0.29, 0.717) is 5.92 Å². The maximum atomic E-state index is 2.90. The Bertz CT molecular complexity index is 2470. The predicted octanol–water partition coefficient (Wildman–Crippen LogP) is 14.4. The van der Waals surface area contributed by atoms with E-state index in [4.69, 9.17) is 0 Å². The molecule has 61 heavy (non-hydrogen) atoms. The Labute approximate surface area is 376 Å². The lowest BCUT2D eigenvalue weighted by molar-refractivity contribution is 0.291. The van der Waals surface area contributed by atoms with E-state index < -0.39 is 0 Å². The van der Waals surface area contributed by atoms with Crippen LogP contribution in [-0.4, -0.2) is 12.8 Å². The number of hydrogen-bond acceptors (Lipinski definition) is 3. The molecule has 3 aromatic rings. The van der Waals surface area contributed by atoms with Crippen LogP contribution in [0, 0.1) is 16.7 Å². The van der Waals surface area contributed by atoms with Gasteiger partial charge in [0.25, 0.3) is 6.71 Å². The van der Waals surface area contributed by atoms with Gasteiger partial charge in [0.2, 0.25) is 0 Å². The van der Waals surface area contributed by atoms with E-state index in [-0.39, 0.29) is 50.7 Å². The maximum Gasteiger partial charge on any atom is 0.264 e. The third kappa shape index (κ3) is 6.67. The van der Waals surface area contributed by atoms with Crippen LogP contribution < -0.4 is 25.5 Å². The van der Waals surface area contributed by atoms with Gasteiger partial charge in [-0.25, -0.2) is 0 Å². The van der Waals surface area contributed by atoms with E-state index in [1.165, 1.54) is 81.8 Å². The summed E-state index contributed by atoms with van der Waals surface area (Å²) in [6.45, 7) is 44.4. The molecule has 2 unspecified atom stereocenters. The van der Waals surface area contributed by atoms with Crippen molar-refractivity contribution in [1.29, 1.82) is 0 Å². The van der Waals surface area contributed by atoms with Gasteiger partial charge in [-0.15, -0.1) is 0 Å². The SMILES string of the molecule is CC1=CC(C(C)(C)C)CC=C1N1c2cc3c(cc2B2c4sc5c(c4N(C4C=CC(C(C)(C)C)=CC4)c4cc(C(C)(C)C)cc1c42)C(C)(C)CCC5(C)C)C(C)(C)CCC3(C)C. The molecule has 0 amide bonds. The van der Waals surface area contributed by atoms with E-state index in [1.54, 1.807) is 26.3 Å². The van der Waals surface area contributed by atoms with Gasteiger partial charge in [0, 0.05) is 32.4 Å².